The molecule has 2 fully saturated rings. The molecular weight excluding hydrogens is 416 g/mol. The molecule has 1 atom stereocenters. The highest BCUT2D eigenvalue weighted by atomic mass is 16.5. The van der Waals surface area contributed by atoms with Gasteiger partial charge in [-0.15, -0.1) is 0 Å². The van der Waals surface area contributed by atoms with Crippen LogP contribution in [0.25, 0.3) is 0 Å². The van der Waals surface area contributed by atoms with Crippen molar-refractivity contribution in [1.82, 2.24) is 14.7 Å². The summed E-state index contributed by atoms with van der Waals surface area (Å²) in [5.41, 5.74) is 2.97. The Morgan fingerprint density at radius 1 is 0.909 bits per heavy atom. The number of hydrogen-bond donors (Lipinski definition) is 0. The highest BCUT2D eigenvalue weighted by Crippen LogP contribution is 2.20. The highest BCUT2D eigenvalue weighted by molar-refractivity contribution is 5.89. The molecule has 0 N–H and O–H groups in total. The van der Waals surface area contributed by atoms with Crippen LogP contribution in [-0.4, -0.2) is 92.1 Å². The average molecular weight is 451 g/mol. The largest absolute Gasteiger partial charge is 0.465 e. The first-order valence-electron chi connectivity index (χ1n) is 11.7. The topological polar surface area (TPSA) is 56.3 Å². The summed E-state index contributed by atoms with van der Waals surface area (Å²) in [5, 5.41) is 0. The van der Waals surface area contributed by atoms with Crippen LogP contribution in [0.15, 0.2) is 54.6 Å². The molecule has 7 nitrogen and oxygen atoms in total. The maximum absolute atomic E-state index is 13.0. The summed E-state index contributed by atoms with van der Waals surface area (Å²) >= 11 is 0. The number of anilines is 1. The monoisotopic (exact) mass is 450 g/mol. The van der Waals surface area contributed by atoms with E-state index >= 15 is 0 Å². The van der Waals surface area contributed by atoms with Crippen LogP contribution in [0.1, 0.15) is 22.8 Å². The van der Waals surface area contributed by atoms with Gasteiger partial charge in [-0.2, -0.15) is 0 Å². The molecule has 2 aliphatic heterocycles. The van der Waals surface area contributed by atoms with E-state index in [1.165, 1.54) is 12.7 Å². The molecule has 2 heterocycles. The van der Waals surface area contributed by atoms with Gasteiger partial charge in [-0.1, -0.05) is 30.3 Å². The van der Waals surface area contributed by atoms with E-state index in [1.807, 2.05) is 23.1 Å². The van der Waals surface area contributed by atoms with Gasteiger partial charge in [0.1, 0.15) is 0 Å². The van der Waals surface area contributed by atoms with E-state index in [4.69, 9.17) is 4.74 Å². The molecule has 2 aromatic rings. The molecule has 2 aliphatic rings. The van der Waals surface area contributed by atoms with Crippen molar-refractivity contribution in [2.24, 2.45) is 0 Å². The van der Waals surface area contributed by atoms with Crippen LogP contribution in [0, 0.1) is 0 Å². The molecule has 2 saturated heterocycles. The van der Waals surface area contributed by atoms with Gasteiger partial charge in [0.05, 0.1) is 19.2 Å². The van der Waals surface area contributed by atoms with Crippen molar-refractivity contribution in [1.29, 1.82) is 0 Å². The summed E-state index contributed by atoms with van der Waals surface area (Å²) in [6, 6.07) is 18.3. The molecule has 33 heavy (non-hydrogen) atoms. The zero-order valence-electron chi connectivity index (χ0n) is 19.7. The fourth-order valence-corrected chi connectivity index (χ4v) is 4.66. The Kier molecular flexibility index (Phi) is 7.62. The second kappa shape index (κ2) is 10.8. The van der Waals surface area contributed by atoms with Crippen molar-refractivity contribution in [2.45, 2.75) is 19.5 Å². The molecule has 0 aliphatic carbocycles. The van der Waals surface area contributed by atoms with Crippen LogP contribution in [-0.2, 0) is 16.1 Å². The van der Waals surface area contributed by atoms with Crippen LogP contribution < -0.4 is 4.90 Å². The molecule has 7 heteroatoms. The normalized spacial score (nSPS) is 20.0. The van der Waals surface area contributed by atoms with Crippen molar-refractivity contribution in [2.75, 3.05) is 64.4 Å². The van der Waals surface area contributed by atoms with Crippen LogP contribution in [0.3, 0.4) is 0 Å². The second-order valence-electron chi connectivity index (χ2n) is 8.95. The lowest BCUT2D eigenvalue weighted by molar-refractivity contribution is -0.134. The summed E-state index contributed by atoms with van der Waals surface area (Å²) in [4.78, 5) is 33.7. The molecule has 1 unspecified atom stereocenters. The van der Waals surface area contributed by atoms with Crippen LogP contribution >= 0.6 is 0 Å². The third-order valence-electron chi connectivity index (χ3n) is 6.73. The Bertz CT molecular complexity index is 926. The molecule has 2 aromatic carbocycles. The smallest absolute Gasteiger partial charge is 0.337 e. The predicted molar refractivity (Wildman–Crippen MR) is 129 cm³/mol. The van der Waals surface area contributed by atoms with Crippen LogP contribution in [0.2, 0.25) is 0 Å². The predicted octanol–water partition coefficient (Wildman–Crippen LogP) is 2.33. The number of carbonyl (C=O) groups is 2. The average Bonchev–Trinajstić information content (AvgIpc) is 2.86. The number of rotatable bonds is 6. The fraction of sp³-hybridized carbons (Fsp3) is 0.462. The third-order valence-corrected chi connectivity index (χ3v) is 6.73. The fourth-order valence-electron chi connectivity index (χ4n) is 4.66. The van der Waals surface area contributed by atoms with Gasteiger partial charge in [-0.05, 0) is 36.8 Å². The SMILES string of the molecule is COC(=O)c1ccc(N2CCN(CC(=O)N3CCN(Cc4ccccc4)CC3)C(C)C2)cc1. The van der Waals surface area contributed by atoms with Gasteiger partial charge in [0.25, 0.3) is 0 Å². The van der Waals surface area contributed by atoms with E-state index in [-0.39, 0.29) is 17.9 Å². The number of benzene rings is 2. The van der Waals surface area contributed by atoms with E-state index in [0.29, 0.717) is 12.1 Å². The maximum Gasteiger partial charge on any atom is 0.337 e. The van der Waals surface area contributed by atoms with Crippen molar-refractivity contribution < 1.29 is 14.3 Å². The van der Waals surface area contributed by atoms with Crippen LogP contribution in [0.4, 0.5) is 5.69 Å². The lowest BCUT2D eigenvalue weighted by Gasteiger charge is -2.42. The lowest BCUT2D eigenvalue weighted by Crippen LogP contribution is -2.56. The van der Waals surface area contributed by atoms with Crippen molar-refractivity contribution in [3.05, 3.63) is 65.7 Å². The number of esters is 1. The van der Waals surface area contributed by atoms with Gasteiger partial charge in [-0.25, -0.2) is 4.79 Å². The Hall–Kier alpha value is -2.90. The highest BCUT2D eigenvalue weighted by Gasteiger charge is 2.28. The van der Waals surface area contributed by atoms with E-state index in [0.717, 1.165) is 58.0 Å². The second-order valence-corrected chi connectivity index (χ2v) is 8.95. The number of ether oxygens (including phenoxy) is 1. The third kappa shape index (κ3) is 5.92. The van der Waals surface area contributed by atoms with Crippen LogP contribution in [0.5, 0.6) is 0 Å². The number of methoxy groups -OCH3 is 1. The molecule has 4 rings (SSSR count). The minimum atomic E-state index is -0.320. The Morgan fingerprint density at radius 2 is 1.61 bits per heavy atom. The Labute approximate surface area is 196 Å². The zero-order chi connectivity index (χ0) is 23.2. The first kappa shape index (κ1) is 23.3. The Morgan fingerprint density at radius 3 is 2.24 bits per heavy atom. The van der Waals surface area contributed by atoms with E-state index < -0.39 is 0 Å². The molecule has 0 aromatic heterocycles. The molecule has 0 spiro atoms. The van der Waals surface area contributed by atoms with Gasteiger partial charge in [0, 0.05) is 64.1 Å². The maximum atomic E-state index is 13.0. The van der Waals surface area contributed by atoms with Gasteiger partial charge in [0.2, 0.25) is 5.91 Å². The minimum absolute atomic E-state index is 0.233. The Balaban J connectivity index is 1.23. The summed E-state index contributed by atoms with van der Waals surface area (Å²) in [5.74, 6) is -0.0868. The molecule has 176 valence electrons. The van der Waals surface area contributed by atoms with Gasteiger partial charge < -0.3 is 14.5 Å². The quantitative estimate of drug-likeness (QED) is 0.630. The van der Waals surface area contributed by atoms with E-state index in [9.17, 15) is 9.59 Å². The van der Waals surface area contributed by atoms with E-state index in [1.54, 1.807) is 12.1 Å². The minimum Gasteiger partial charge on any atom is -0.465 e. The number of piperazine rings is 2. The number of amides is 1. The van der Waals surface area contributed by atoms with Crippen molar-refractivity contribution in [3.8, 4) is 0 Å². The van der Waals surface area contributed by atoms with E-state index in [2.05, 4.69) is 45.9 Å². The molecule has 0 saturated carbocycles. The summed E-state index contributed by atoms with van der Waals surface area (Å²) in [7, 11) is 1.39. The first-order chi connectivity index (χ1) is 16.0. The van der Waals surface area contributed by atoms with Gasteiger partial charge in [0.15, 0.2) is 0 Å². The summed E-state index contributed by atoms with van der Waals surface area (Å²) < 4.78 is 4.77. The van der Waals surface area contributed by atoms with Crippen molar-refractivity contribution in [3.63, 3.8) is 0 Å². The lowest BCUT2D eigenvalue weighted by atomic mass is 10.1. The molecule has 0 radical (unpaired) electrons. The molecular formula is C26H34N4O3. The zero-order valence-corrected chi connectivity index (χ0v) is 19.7. The summed E-state index contributed by atoms with van der Waals surface area (Å²) in [6.45, 7) is 9.61. The standard InChI is InChI=1S/C26H34N4O3/c1-21-18-30(24-10-8-23(9-11-24)26(32)33-2)17-16-29(21)20-25(31)28-14-12-27(13-15-28)19-22-6-4-3-5-7-22/h3-11,21H,12-20H2,1-2H3. The van der Waals surface area contributed by atoms with Gasteiger partial charge in [-0.3, -0.25) is 14.6 Å². The number of carbonyl (C=O) groups excluding carboxylic acids is 2. The number of nitrogens with zero attached hydrogens (tertiary/aromatic N) is 4. The molecule has 1 amide bonds. The summed E-state index contributed by atoms with van der Waals surface area (Å²) in [6.07, 6.45) is 0. The first-order valence-corrected chi connectivity index (χ1v) is 11.7. The van der Waals surface area contributed by atoms with Crippen molar-refractivity contribution >= 4 is 17.6 Å². The van der Waals surface area contributed by atoms with Gasteiger partial charge >= 0.3 is 5.97 Å². The molecule has 0 bridgehead atoms. The number of hydrogen-bond acceptors (Lipinski definition) is 6.